The van der Waals surface area contributed by atoms with Crippen molar-refractivity contribution in [2.24, 2.45) is 0 Å². The van der Waals surface area contributed by atoms with Crippen molar-refractivity contribution in [3.8, 4) is 0 Å². The normalized spacial score (nSPS) is 9.00. The van der Waals surface area contributed by atoms with E-state index < -0.39 is 0 Å². The van der Waals surface area contributed by atoms with Gasteiger partial charge in [-0.3, -0.25) is 0 Å². The fraction of sp³-hybridized carbons (Fsp3) is 0.250. The maximum absolute atomic E-state index is 3.15. The zero-order chi connectivity index (χ0) is 6.53. The lowest BCUT2D eigenvalue weighted by molar-refractivity contribution is 1.21. The Morgan fingerprint density at radius 1 is 1.56 bits per heavy atom. The first-order valence-electron chi connectivity index (χ1n) is 3.14. The van der Waals surface area contributed by atoms with Crippen molar-refractivity contribution in [2.75, 3.05) is 11.9 Å². The van der Waals surface area contributed by atoms with Crippen LogP contribution in [-0.4, -0.2) is 6.54 Å². The molecule has 1 radical (unpaired) electrons. The van der Waals surface area contributed by atoms with Crippen LogP contribution in [-0.2, 0) is 0 Å². The molecule has 1 nitrogen and oxygen atoms in total. The maximum Gasteiger partial charge on any atom is 0.0420 e. The van der Waals surface area contributed by atoms with Gasteiger partial charge in [0, 0.05) is 18.3 Å². The van der Waals surface area contributed by atoms with Crippen LogP contribution in [0.15, 0.2) is 24.3 Å². The smallest absolute Gasteiger partial charge is 0.0420 e. The van der Waals surface area contributed by atoms with Gasteiger partial charge in [0.1, 0.15) is 0 Å². The first kappa shape index (κ1) is 6.14. The molecule has 0 spiro atoms. The number of rotatable bonds is 2. The average molecular weight is 120 g/mol. The van der Waals surface area contributed by atoms with Crippen LogP contribution in [0.4, 0.5) is 5.69 Å². The van der Waals surface area contributed by atoms with E-state index in [2.05, 4.69) is 18.3 Å². The van der Waals surface area contributed by atoms with Crippen LogP contribution in [0.2, 0.25) is 0 Å². The highest BCUT2D eigenvalue weighted by atomic mass is 14.8. The molecule has 0 unspecified atom stereocenters. The monoisotopic (exact) mass is 120 g/mol. The van der Waals surface area contributed by atoms with Gasteiger partial charge in [-0.2, -0.15) is 0 Å². The SMILES string of the molecule is CCNc1[c]cccc1. The van der Waals surface area contributed by atoms with Gasteiger partial charge in [0.25, 0.3) is 0 Å². The second-order valence-corrected chi connectivity index (χ2v) is 1.81. The molecule has 47 valence electrons. The topological polar surface area (TPSA) is 12.0 Å². The van der Waals surface area contributed by atoms with Crippen molar-refractivity contribution < 1.29 is 0 Å². The molecule has 1 N–H and O–H groups in total. The van der Waals surface area contributed by atoms with Crippen molar-refractivity contribution in [1.82, 2.24) is 0 Å². The largest absolute Gasteiger partial charge is 0.385 e. The van der Waals surface area contributed by atoms with E-state index in [-0.39, 0.29) is 0 Å². The molecule has 0 aliphatic heterocycles. The number of para-hydroxylation sites is 1. The molecule has 0 amide bonds. The summed E-state index contributed by atoms with van der Waals surface area (Å²) in [7, 11) is 0. The minimum Gasteiger partial charge on any atom is -0.385 e. The third-order valence-corrected chi connectivity index (χ3v) is 1.08. The fourth-order valence-corrected chi connectivity index (χ4v) is 0.694. The first-order valence-corrected chi connectivity index (χ1v) is 3.14. The Balaban J connectivity index is 2.61. The molecule has 9 heavy (non-hydrogen) atoms. The van der Waals surface area contributed by atoms with Crippen molar-refractivity contribution in [1.29, 1.82) is 0 Å². The molecule has 1 rings (SSSR count). The van der Waals surface area contributed by atoms with Crippen molar-refractivity contribution in [3.05, 3.63) is 30.3 Å². The summed E-state index contributed by atoms with van der Waals surface area (Å²) in [5.74, 6) is 0. The highest BCUT2D eigenvalue weighted by Gasteiger charge is 1.82. The zero-order valence-electron chi connectivity index (χ0n) is 5.52. The van der Waals surface area contributed by atoms with E-state index in [0.29, 0.717) is 0 Å². The maximum atomic E-state index is 3.15. The highest BCUT2D eigenvalue weighted by Crippen LogP contribution is 2.01. The summed E-state index contributed by atoms with van der Waals surface area (Å²) in [6.07, 6.45) is 0. The molecule has 0 bridgehead atoms. The number of benzene rings is 1. The van der Waals surface area contributed by atoms with Crippen LogP contribution < -0.4 is 5.32 Å². The Hall–Kier alpha value is -0.980. The van der Waals surface area contributed by atoms with Crippen LogP contribution in [0.25, 0.3) is 0 Å². The van der Waals surface area contributed by atoms with E-state index in [1.807, 2.05) is 24.3 Å². The summed E-state index contributed by atoms with van der Waals surface area (Å²) in [5, 5.41) is 3.15. The molecule has 0 saturated heterocycles. The first-order chi connectivity index (χ1) is 4.43. The van der Waals surface area contributed by atoms with E-state index in [4.69, 9.17) is 0 Å². The zero-order valence-corrected chi connectivity index (χ0v) is 5.52. The van der Waals surface area contributed by atoms with E-state index >= 15 is 0 Å². The summed E-state index contributed by atoms with van der Waals surface area (Å²) < 4.78 is 0. The van der Waals surface area contributed by atoms with Gasteiger partial charge in [-0.25, -0.2) is 0 Å². The molecule has 0 aliphatic rings. The van der Waals surface area contributed by atoms with Gasteiger partial charge in [-0.15, -0.1) is 0 Å². The van der Waals surface area contributed by atoms with Crippen LogP contribution in [0.5, 0.6) is 0 Å². The lowest BCUT2D eigenvalue weighted by Crippen LogP contribution is -1.94. The van der Waals surface area contributed by atoms with E-state index in [1.54, 1.807) is 0 Å². The van der Waals surface area contributed by atoms with Crippen LogP contribution in [0, 0.1) is 6.07 Å². The molecule has 1 aromatic carbocycles. The van der Waals surface area contributed by atoms with Gasteiger partial charge >= 0.3 is 0 Å². The standard InChI is InChI=1S/C8H10N/c1-2-9-8-6-4-3-5-7-8/h3-6,9H,2H2,1H3. The number of anilines is 1. The molecular formula is C8H10N. The van der Waals surface area contributed by atoms with Gasteiger partial charge in [-0.05, 0) is 13.0 Å². The second kappa shape index (κ2) is 3.13. The number of hydrogen-bond donors (Lipinski definition) is 1. The molecule has 0 heterocycles. The minimum atomic E-state index is 0.959. The van der Waals surface area contributed by atoms with Gasteiger partial charge in [0.05, 0.1) is 0 Å². The van der Waals surface area contributed by atoms with Crippen LogP contribution in [0.1, 0.15) is 6.92 Å². The quantitative estimate of drug-likeness (QED) is 0.628. The van der Waals surface area contributed by atoms with Gasteiger partial charge < -0.3 is 5.32 Å². The lowest BCUT2D eigenvalue weighted by atomic mass is 10.3. The van der Waals surface area contributed by atoms with E-state index in [9.17, 15) is 0 Å². The molecular weight excluding hydrogens is 110 g/mol. The van der Waals surface area contributed by atoms with Crippen LogP contribution >= 0.6 is 0 Å². The summed E-state index contributed by atoms with van der Waals surface area (Å²) >= 11 is 0. The third-order valence-electron chi connectivity index (χ3n) is 1.08. The molecule has 0 saturated carbocycles. The predicted octanol–water partition coefficient (Wildman–Crippen LogP) is 1.92. The Bertz CT molecular complexity index is 157. The van der Waals surface area contributed by atoms with E-state index in [1.165, 1.54) is 0 Å². The number of nitrogens with one attached hydrogen (secondary N) is 1. The Morgan fingerprint density at radius 3 is 3.00 bits per heavy atom. The van der Waals surface area contributed by atoms with Crippen molar-refractivity contribution >= 4 is 5.69 Å². The molecule has 0 fully saturated rings. The van der Waals surface area contributed by atoms with E-state index in [0.717, 1.165) is 12.2 Å². The Morgan fingerprint density at radius 2 is 2.44 bits per heavy atom. The lowest BCUT2D eigenvalue weighted by Gasteiger charge is -1.98. The molecule has 0 aromatic heterocycles. The Kier molecular flexibility index (Phi) is 2.13. The van der Waals surface area contributed by atoms with Crippen LogP contribution in [0.3, 0.4) is 0 Å². The van der Waals surface area contributed by atoms with Gasteiger partial charge in [-0.1, -0.05) is 18.2 Å². The van der Waals surface area contributed by atoms with Gasteiger partial charge in [0.15, 0.2) is 0 Å². The predicted molar refractivity (Wildman–Crippen MR) is 39.4 cm³/mol. The summed E-state index contributed by atoms with van der Waals surface area (Å²) in [4.78, 5) is 0. The average Bonchev–Trinajstić information content (AvgIpc) is 1.91. The third kappa shape index (κ3) is 1.76. The second-order valence-electron chi connectivity index (χ2n) is 1.81. The molecule has 1 heteroatoms. The summed E-state index contributed by atoms with van der Waals surface area (Å²) in [6.45, 7) is 3.03. The summed E-state index contributed by atoms with van der Waals surface area (Å²) in [5.41, 5.74) is 1.07. The molecule has 0 aliphatic carbocycles. The van der Waals surface area contributed by atoms with Crippen molar-refractivity contribution in [3.63, 3.8) is 0 Å². The number of hydrogen-bond acceptors (Lipinski definition) is 1. The van der Waals surface area contributed by atoms with Crippen molar-refractivity contribution in [2.45, 2.75) is 6.92 Å². The molecule has 0 atom stereocenters. The molecule has 1 aromatic rings. The fourth-order valence-electron chi connectivity index (χ4n) is 0.694. The summed E-state index contributed by atoms with van der Waals surface area (Å²) in [6, 6.07) is 10.9. The minimum absolute atomic E-state index is 0.959. The highest BCUT2D eigenvalue weighted by molar-refractivity contribution is 5.40. The Labute approximate surface area is 55.7 Å². The van der Waals surface area contributed by atoms with Gasteiger partial charge in [0.2, 0.25) is 0 Å².